The molecule has 2 saturated heterocycles. The second kappa shape index (κ2) is 6.56. The molecule has 6 rings (SSSR count). The van der Waals surface area contributed by atoms with E-state index in [1.54, 1.807) is 7.05 Å². The zero-order valence-electron chi connectivity index (χ0n) is 18.0. The number of rotatable bonds is 4. The summed E-state index contributed by atoms with van der Waals surface area (Å²) in [5.41, 5.74) is 3.07. The van der Waals surface area contributed by atoms with Gasteiger partial charge in [-0.3, -0.25) is 9.89 Å². The molecular formula is C23H27N5O3. The average Bonchev–Trinajstić information content (AvgIpc) is 3.16. The molecule has 0 bridgehead atoms. The fourth-order valence-electron chi connectivity index (χ4n) is 4.86. The Morgan fingerprint density at radius 3 is 2.84 bits per heavy atom. The van der Waals surface area contributed by atoms with Crippen LogP contribution in [0.15, 0.2) is 29.1 Å². The van der Waals surface area contributed by atoms with Gasteiger partial charge in [0, 0.05) is 37.5 Å². The lowest BCUT2D eigenvalue weighted by Crippen LogP contribution is -2.33. The van der Waals surface area contributed by atoms with Crippen LogP contribution in [-0.2, 0) is 11.8 Å². The largest absolute Gasteiger partial charge is 0.488 e. The Balaban J connectivity index is 1.39. The maximum absolute atomic E-state index is 12.9. The van der Waals surface area contributed by atoms with Crippen molar-refractivity contribution in [3.8, 4) is 17.1 Å². The van der Waals surface area contributed by atoms with Crippen LogP contribution in [0, 0.1) is 5.41 Å². The molecule has 3 fully saturated rings. The van der Waals surface area contributed by atoms with E-state index in [1.165, 1.54) is 4.68 Å². The molecule has 1 saturated carbocycles. The number of ether oxygens (including phenoxy) is 2. The number of nitrogens with one attached hydrogen (secondary N) is 1. The van der Waals surface area contributed by atoms with Gasteiger partial charge in [-0.05, 0) is 56.9 Å². The first-order chi connectivity index (χ1) is 14.9. The normalized spacial score (nSPS) is 24.4. The number of hydrogen-bond donors (Lipinski definition) is 1. The summed E-state index contributed by atoms with van der Waals surface area (Å²) in [5.74, 6) is 0.836. The van der Waals surface area contributed by atoms with Gasteiger partial charge in [0.25, 0.3) is 5.56 Å². The number of anilines is 1. The SMILES string of the molecule is Cn1nc(-c2n[nH]c3ccc(OC4(C)CC4)cc23)cc(N2CCC3(CCOC3)C2)c1=O. The highest BCUT2D eigenvalue weighted by molar-refractivity contribution is 5.93. The minimum absolute atomic E-state index is 0.0463. The Morgan fingerprint density at radius 1 is 1.19 bits per heavy atom. The molecule has 1 spiro atoms. The van der Waals surface area contributed by atoms with Gasteiger partial charge in [0.1, 0.15) is 28.4 Å². The maximum Gasteiger partial charge on any atom is 0.290 e. The van der Waals surface area contributed by atoms with E-state index in [0.717, 1.165) is 74.3 Å². The summed E-state index contributed by atoms with van der Waals surface area (Å²) in [5, 5.41) is 13.1. The lowest BCUT2D eigenvalue weighted by molar-refractivity contribution is 0.160. The van der Waals surface area contributed by atoms with Gasteiger partial charge in [-0.1, -0.05) is 0 Å². The molecule has 8 heteroatoms. The number of aromatic amines is 1. The van der Waals surface area contributed by atoms with Gasteiger partial charge in [0.05, 0.1) is 12.1 Å². The summed E-state index contributed by atoms with van der Waals surface area (Å²) in [7, 11) is 1.71. The minimum Gasteiger partial charge on any atom is -0.488 e. The van der Waals surface area contributed by atoms with Crippen molar-refractivity contribution in [3.05, 3.63) is 34.6 Å². The standard InChI is InChI=1S/C23H27N5O3/c1-22(5-6-22)31-15-3-4-17-16(11-15)20(25-24-17)18-12-19(21(29)27(2)26-18)28-9-7-23(13-28)8-10-30-14-23/h3-4,11-12H,5-10,13-14H2,1-2H3,(H,24,25). The third kappa shape index (κ3) is 3.20. The summed E-state index contributed by atoms with van der Waals surface area (Å²) in [6, 6.07) is 7.87. The Labute approximate surface area is 180 Å². The lowest BCUT2D eigenvalue weighted by atomic mass is 9.87. The first-order valence-electron chi connectivity index (χ1n) is 11.0. The Bertz CT molecular complexity index is 1220. The van der Waals surface area contributed by atoms with E-state index in [1.807, 2.05) is 24.3 Å². The molecule has 1 N–H and O–H groups in total. The molecule has 2 aliphatic heterocycles. The molecule has 1 atom stereocenters. The Kier molecular flexibility index (Phi) is 3.99. The van der Waals surface area contributed by atoms with Gasteiger partial charge < -0.3 is 14.4 Å². The number of nitrogens with zero attached hydrogens (tertiary/aromatic N) is 4. The van der Waals surface area contributed by atoms with Gasteiger partial charge in [-0.25, -0.2) is 4.68 Å². The van der Waals surface area contributed by atoms with E-state index in [4.69, 9.17) is 9.47 Å². The number of fused-ring (bicyclic) bond motifs is 1. The van der Waals surface area contributed by atoms with Gasteiger partial charge in [-0.2, -0.15) is 10.2 Å². The summed E-state index contributed by atoms with van der Waals surface area (Å²) < 4.78 is 13.2. The van der Waals surface area contributed by atoms with Crippen LogP contribution in [0.1, 0.15) is 32.6 Å². The van der Waals surface area contributed by atoms with Crippen LogP contribution in [-0.4, -0.2) is 51.9 Å². The molecule has 8 nitrogen and oxygen atoms in total. The second-order valence-electron chi connectivity index (χ2n) is 9.65. The minimum atomic E-state index is -0.0785. The topological polar surface area (TPSA) is 85.3 Å². The van der Waals surface area contributed by atoms with Crippen molar-refractivity contribution in [2.45, 2.75) is 38.2 Å². The van der Waals surface area contributed by atoms with Crippen LogP contribution in [0.5, 0.6) is 5.75 Å². The first-order valence-corrected chi connectivity index (χ1v) is 11.0. The van der Waals surface area contributed by atoms with Gasteiger partial charge >= 0.3 is 0 Å². The van der Waals surface area contributed by atoms with Crippen LogP contribution in [0.25, 0.3) is 22.3 Å². The third-order valence-corrected chi connectivity index (χ3v) is 7.10. The molecule has 3 aromatic rings. The fourth-order valence-corrected chi connectivity index (χ4v) is 4.86. The predicted octanol–water partition coefficient (Wildman–Crippen LogP) is 2.87. The van der Waals surface area contributed by atoms with E-state index < -0.39 is 0 Å². The van der Waals surface area contributed by atoms with Crippen molar-refractivity contribution in [3.63, 3.8) is 0 Å². The molecule has 0 radical (unpaired) electrons. The molecule has 31 heavy (non-hydrogen) atoms. The van der Waals surface area contributed by atoms with Gasteiger partial charge in [-0.15, -0.1) is 0 Å². The molecule has 1 aliphatic carbocycles. The number of aromatic nitrogens is 4. The number of benzene rings is 1. The van der Waals surface area contributed by atoms with Crippen molar-refractivity contribution in [2.75, 3.05) is 31.2 Å². The molecule has 162 valence electrons. The molecule has 1 unspecified atom stereocenters. The predicted molar refractivity (Wildman–Crippen MR) is 118 cm³/mol. The fraction of sp³-hybridized carbons (Fsp3) is 0.522. The van der Waals surface area contributed by atoms with E-state index in [9.17, 15) is 4.79 Å². The Hall–Kier alpha value is -2.87. The highest BCUT2D eigenvalue weighted by Gasteiger charge is 2.42. The number of H-pyrrole nitrogens is 1. The quantitative estimate of drug-likeness (QED) is 0.697. The molecular weight excluding hydrogens is 394 g/mol. The van der Waals surface area contributed by atoms with Crippen molar-refractivity contribution in [1.29, 1.82) is 0 Å². The van der Waals surface area contributed by atoms with Crippen LogP contribution in [0.2, 0.25) is 0 Å². The Morgan fingerprint density at radius 2 is 2.06 bits per heavy atom. The summed E-state index contributed by atoms with van der Waals surface area (Å²) in [6.45, 7) is 5.44. The van der Waals surface area contributed by atoms with E-state index in [-0.39, 0.29) is 16.6 Å². The first kappa shape index (κ1) is 18.9. The van der Waals surface area contributed by atoms with E-state index in [2.05, 4.69) is 27.1 Å². The van der Waals surface area contributed by atoms with Gasteiger partial charge in [0.2, 0.25) is 0 Å². The highest BCUT2D eigenvalue weighted by Crippen LogP contribution is 2.41. The summed E-state index contributed by atoms with van der Waals surface area (Å²) in [6.07, 6.45) is 4.28. The summed E-state index contributed by atoms with van der Waals surface area (Å²) >= 11 is 0. The average molecular weight is 422 g/mol. The smallest absolute Gasteiger partial charge is 0.290 e. The third-order valence-electron chi connectivity index (χ3n) is 7.10. The number of hydrogen-bond acceptors (Lipinski definition) is 6. The second-order valence-corrected chi connectivity index (χ2v) is 9.65. The van der Waals surface area contributed by atoms with Gasteiger partial charge in [0.15, 0.2) is 0 Å². The number of aryl methyl sites for hydroxylation is 1. The van der Waals surface area contributed by atoms with Crippen molar-refractivity contribution in [2.24, 2.45) is 12.5 Å². The van der Waals surface area contributed by atoms with E-state index >= 15 is 0 Å². The summed E-state index contributed by atoms with van der Waals surface area (Å²) in [4.78, 5) is 15.1. The zero-order chi connectivity index (χ0) is 21.2. The molecule has 2 aromatic heterocycles. The van der Waals surface area contributed by atoms with Crippen molar-refractivity contribution >= 4 is 16.6 Å². The molecule has 3 aliphatic rings. The lowest BCUT2D eigenvalue weighted by Gasteiger charge is -2.23. The van der Waals surface area contributed by atoms with Crippen LogP contribution in [0.4, 0.5) is 5.69 Å². The van der Waals surface area contributed by atoms with Crippen LogP contribution >= 0.6 is 0 Å². The molecule has 1 aromatic carbocycles. The van der Waals surface area contributed by atoms with Crippen molar-refractivity contribution < 1.29 is 9.47 Å². The maximum atomic E-state index is 12.9. The molecule has 4 heterocycles. The highest BCUT2D eigenvalue weighted by atomic mass is 16.5. The van der Waals surface area contributed by atoms with Crippen molar-refractivity contribution in [1.82, 2.24) is 20.0 Å². The molecule has 0 amide bonds. The van der Waals surface area contributed by atoms with Crippen LogP contribution < -0.4 is 15.2 Å². The van der Waals surface area contributed by atoms with E-state index in [0.29, 0.717) is 11.4 Å². The monoisotopic (exact) mass is 421 g/mol. The van der Waals surface area contributed by atoms with Crippen LogP contribution in [0.3, 0.4) is 0 Å². The zero-order valence-corrected chi connectivity index (χ0v) is 18.0.